The van der Waals surface area contributed by atoms with Crippen molar-refractivity contribution >= 4 is 27.4 Å². The summed E-state index contributed by atoms with van der Waals surface area (Å²) in [6.07, 6.45) is 2.02. The van der Waals surface area contributed by atoms with Gasteiger partial charge in [-0.15, -0.1) is 0 Å². The number of likely N-dealkylation sites (N-methyl/N-ethyl adjacent to an activating group) is 1. The van der Waals surface area contributed by atoms with Gasteiger partial charge in [-0.25, -0.2) is 8.42 Å². The van der Waals surface area contributed by atoms with Crippen LogP contribution in [-0.4, -0.2) is 81.0 Å². The van der Waals surface area contributed by atoms with Gasteiger partial charge in [0.2, 0.25) is 10.0 Å². The molecular weight excluding hydrogens is 368 g/mol. The number of piperazine rings is 1. The SMILES string of the molecule is CCCc1ccc(S(=O)(=O)N2CCN(C(=S)NCCN(C)C)CC2)cc1. The van der Waals surface area contributed by atoms with E-state index in [4.69, 9.17) is 12.2 Å². The average molecular weight is 399 g/mol. The Balaban J connectivity index is 1.90. The van der Waals surface area contributed by atoms with E-state index >= 15 is 0 Å². The maximum Gasteiger partial charge on any atom is 0.243 e. The van der Waals surface area contributed by atoms with Crippen molar-refractivity contribution in [2.75, 3.05) is 53.4 Å². The van der Waals surface area contributed by atoms with Crippen molar-refractivity contribution in [1.29, 1.82) is 0 Å². The number of sulfonamides is 1. The summed E-state index contributed by atoms with van der Waals surface area (Å²) in [7, 11) is 0.599. The highest BCUT2D eigenvalue weighted by Gasteiger charge is 2.29. The predicted octanol–water partition coefficient (Wildman–Crippen LogP) is 1.38. The molecule has 0 bridgehead atoms. The van der Waals surface area contributed by atoms with Gasteiger partial charge in [-0.05, 0) is 50.4 Å². The number of hydrogen-bond donors (Lipinski definition) is 1. The smallest absolute Gasteiger partial charge is 0.243 e. The van der Waals surface area contributed by atoms with Gasteiger partial charge in [0.05, 0.1) is 4.90 Å². The van der Waals surface area contributed by atoms with E-state index in [-0.39, 0.29) is 0 Å². The first kappa shape index (κ1) is 21.1. The van der Waals surface area contributed by atoms with E-state index in [9.17, 15) is 8.42 Å². The van der Waals surface area contributed by atoms with Gasteiger partial charge in [0.1, 0.15) is 0 Å². The summed E-state index contributed by atoms with van der Waals surface area (Å²) in [4.78, 5) is 4.50. The Morgan fingerprint density at radius 3 is 2.31 bits per heavy atom. The normalized spacial score (nSPS) is 16.1. The second-order valence-electron chi connectivity index (χ2n) is 6.82. The van der Waals surface area contributed by atoms with Gasteiger partial charge < -0.3 is 15.1 Å². The third-order valence-electron chi connectivity index (χ3n) is 4.46. The number of rotatable bonds is 7. The van der Waals surface area contributed by atoms with Crippen molar-refractivity contribution in [1.82, 2.24) is 19.4 Å². The van der Waals surface area contributed by atoms with Gasteiger partial charge in [-0.2, -0.15) is 4.31 Å². The molecule has 0 amide bonds. The number of aryl methyl sites for hydroxylation is 1. The minimum absolute atomic E-state index is 0.373. The number of nitrogens with one attached hydrogen (secondary N) is 1. The standard InChI is InChI=1S/C18H30N4O2S2/c1-4-5-16-6-8-17(9-7-16)26(23,24)22-14-12-21(13-15-22)18(25)19-10-11-20(2)3/h6-9H,4-5,10-15H2,1-3H3,(H,19,25). The molecule has 2 rings (SSSR count). The summed E-state index contributed by atoms with van der Waals surface area (Å²) in [6.45, 7) is 5.94. The third kappa shape index (κ3) is 5.64. The summed E-state index contributed by atoms with van der Waals surface area (Å²) in [5, 5.41) is 3.94. The number of benzene rings is 1. The van der Waals surface area contributed by atoms with Crippen molar-refractivity contribution in [2.45, 2.75) is 24.7 Å². The van der Waals surface area contributed by atoms with Crippen LogP contribution in [-0.2, 0) is 16.4 Å². The van der Waals surface area contributed by atoms with Crippen LogP contribution in [0, 0.1) is 0 Å². The van der Waals surface area contributed by atoms with Gasteiger partial charge in [0.15, 0.2) is 5.11 Å². The second kappa shape index (κ2) is 9.64. The van der Waals surface area contributed by atoms with E-state index in [0.717, 1.165) is 25.9 Å². The fourth-order valence-electron chi connectivity index (χ4n) is 2.90. The van der Waals surface area contributed by atoms with Gasteiger partial charge in [-0.1, -0.05) is 25.5 Å². The van der Waals surface area contributed by atoms with E-state index in [0.29, 0.717) is 36.2 Å². The van der Waals surface area contributed by atoms with Gasteiger partial charge in [0, 0.05) is 39.3 Å². The minimum Gasteiger partial charge on any atom is -0.361 e. The van der Waals surface area contributed by atoms with Crippen LogP contribution >= 0.6 is 12.2 Å². The molecule has 0 spiro atoms. The predicted molar refractivity (Wildman–Crippen MR) is 110 cm³/mol. The molecule has 0 atom stereocenters. The van der Waals surface area contributed by atoms with Gasteiger partial charge in [-0.3, -0.25) is 0 Å². The topological polar surface area (TPSA) is 55.9 Å². The lowest BCUT2D eigenvalue weighted by Gasteiger charge is -2.35. The van der Waals surface area contributed by atoms with E-state index in [1.165, 1.54) is 5.56 Å². The Bertz CT molecular complexity index is 682. The van der Waals surface area contributed by atoms with E-state index < -0.39 is 10.0 Å². The number of nitrogens with zero attached hydrogens (tertiary/aromatic N) is 3. The molecule has 8 heteroatoms. The first-order valence-corrected chi connectivity index (χ1v) is 11.0. The first-order valence-electron chi connectivity index (χ1n) is 9.11. The van der Waals surface area contributed by atoms with E-state index in [1.807, 2.05) is 31.1 Å². The largest absolute Gasteiger partial charge is 0.361 e. The summed E-state index contributed by atoms with van der Waals surface area (Å²) in [5.74, 6) is 0. The van der Waals surface area contributed by atoms with E-state index in [2.05, 4.69) is 17.1 Å². The molecule has 1 N–H and O–H groups in total. The molecule has 1 saturated heterocycles. The van der Waals surface area contributed by atoms with Gasteiger partial charge >= 0.3 is 0 Å². The van der Waals surface area contributed by atoms with Crippen LogP contribution < -0.4 is 5.32 Å². The van der Waals surface area contributed by atoms with Crippen molar-refractivity contribution in [3.63, 3.8) is 0 Å². The summed E-state index contributed by atoms with van der Waals surface area (Å²) >= 11 is 5.42. The highest BCUT2D eigenvalue weighted by molar-refractivity contribution is 7.89. The molecule has 26 heavy (non-hydrogen) atoms. The maximum atomic E-state index is 12.8. The zero-order chi connectivity index (χ0) is 19.2. The molecule has 6 nitrogen and oxygen atoms in total. The van der Waals surface area contributed by atoms with Crippen LogP contribution in [0.4, 0.5) is 0 Å². The minimum atomic E-state index is -3.43. The fourth-order valence-corrected chi connectivity index (χ4v) is 4.60. The van der Waals surface area contributed by atoms with Crippen LogP contribution in [0.15, 0.2) is 29.2 Å². The van der Waals surface area contributed by atoms with Crippen molar-refractivity contribution in [3.8, 4) is 0 Å². The molecule has 1 fully saturated rings. The fraction of sp³-hybridized carbons (Fsp3) is 0.611. The zero-order valence-corrected chi connectivity index (χ0v) is 17.6. The van der Waals surface area contributed by atoms with Crippen LogP contribution in [0.3, 0.4) is 0 Å². The molecule has 1 aromatic rings. The van der Waals surface area contributed by atoms with Crippen LogP contribution in [0.2, 0.25) is 0 Å². The van der Waals surface area contributed by atoms with Crippen LogP contribution in [0.1, 0.15) is 18.9 Å². The Morgan fingerprint density at radius 2 is 1.77 bits per heavy atom. The Morgan fingerprint density at radius 1 is 1.15 bits per heavy atom. The van der Waals surface area contributed by atoms with Crippen molar-refractivity contribution in [3.05, 3.63) is 29.8 Å². The zero-order valence-electron chi connectivity index (χ0n) is 15.9. The lowest BCUT2D eigenvalue weighted by atomic mass is 10.1. The van der Waals surface area contributed by atoms with Crippen LogP contribution in [0.5, 0.6) is 0 Å². The highest BCUT2D eigenvalue weighted by atomic mass is 32.2. The molecule has 1 aromatic carbocycles. The third-order valence-corrected chi connectivity index (χ3v) is 6.78. The summed E-state index contributed by atoms with van der Waals surface area (Å²) < 4.78 is 27.2. The molecule has 1 aliphatic rings. The molecule has 146 valence electrons. The lowest BCUT2D eigenvalue weighted by molar-refractivity contribution is 0.263. The van der Waals surface area contributed by atoms with Crippen LogP contribution in [0.25, 0.3) is 0 Å². The van der Waals surface area contributed by atoms with E-state index in [1.54, 1.807) is 16.4 Å². The highest BCUT2D eigenvalue weighted by Crippen LogP contribution is 2.19. The average Bonchev–Trinajstić information content (AvgIpc) is 2.62. The molecule has 0 radical (unpaired) electrons. The molecule has 0 saturated carbocycles. The van der Waals surface area contributed by atoms with Crippen molar-refractivity contribution < 1.29 is 8.42 Å². The quantitative estimate of drug-likeness (QED) is 0.701. The molecule has 0 aromatic heterocycles. The molecular formula is C18H30N4O2S2. The lowest BCUT2D eigenvalue weighted by Crippen LogP contribution is -2.53. The Kier molecular flexibility index (Phi) is 7.82. The second-order valence-corrected chi connectivity index (χ2v) is 9.14. The first-order chi connectivity index (χ1) is 12.3. The molecule has 1 heterocycles. The van der Waals surface area contributed by atoms with Gasteiger partial charge in [0.25, 0.3) is 0 Å². The monoisotopic (exact) mass is 398 g/mol. The number of thiocarbonyl (C=S) groups is 1. The summed E-state index contributed by atoms with van der Waals surface area (Å²) in [5.41, 5.74) is 1.17. The molecule has 0 aliphatic carbocycles. The maximum absolute atomic E-state index is 12.8. The summed E-state index contributed by atoms with van der Waals surface area (Å²) in [6, 6.07) is 7.27. The Labute approximate surface area is 163 Å². The molecule has 0 unspecified atom stereocenters. The molecule has 1 aliphatic heterocycles. The Hall–Kier alpha value is -1.22. The number of hydrogen-bond acceptors (Lipinski definition) is 4. The van der Waals surface area contributed by atoms with Crippen molar-refractivity contribution in [2.24, 2.45) is 0 Å².